The van der Waals surface area contributed by atoms with Gasteiger partial charge in [-0.1, -0.05) is 13.3 Å². The van der Waals surface area contributed by atoms with Crippen molar-refractivity contribution in [3.63, 3.8) is 0 Å². The number of anilines is 2. The highest BCUT2D eigenvalue weighted by Crippen LogP contribution is 2.14. The van der Waals surface area contributed by atoms with E-state index < -0.39 is 0 Å². The molecular formula is C17H25N5. The smallest absolute Gasteiger partial charge is 0.227 e. The molecule has 0 atom stereocenters. The van der Waals surface area contributed by atoms with Gasteiger partial charge in [-0.3, -0.25) is 4.98 Å². The summed E-state index contributed by atoms with van der Waals surface area (Å²) in [5, 5.41) is 0. The minimum absolute atomic E-state index is 0.773. The lowest BCUT2D eigenvalue weighted by Gasteiger charge is -2.21. The van der Waals surface area contributed by atoms with E-state index in [2.05, 4.69) is 38.7 Å². The van der Waals surface area contributed by atoms with E-state index in [1.54, 1.807) is 0 Å². The normalized spacial score (nSPS) is 10.5. The van der Waals surface area contributed by atoms with E-state index in [0.717, 1.165) is 31.3 Å². The minimum atomic E-state index is 0.773. The highest BCUT2D eigenvalue weighted by atomic mass is 15.3. The van der Waals surface area contributed by atoms with E-state index in [4.69, 9.17) is 0 Å². The van der Waals surface area contributed by atoms with E-state index in [1.807, 2.05) is 43.8 Å². The SMILES string of the molecule is CCCCN(C)c1ccnc(N(C)CCc2ccncc2)n1. The van der Waals surface area contributed by atoms with Gasteiger partial charge in [0, 0.05) is 45.8 Å². The zero-order valence-electron chi connectivity index (χ0n) is 13.7. The summed E-state index contributed by atoms with van der Waals surface area (Å²) in [5.41, 5.74) is 1.28. The highest BCUT2D eigenvalue weighted by molar-refractivity contribution is 5.42. The summed E-state index contributed by atoms with van der Waals surface area (Å²) in [6.45, 7) is 4.10. The first-order chi connectivity index (χ1) is 10.7. The Labute approximate surface area is 133 Å². The van der Waals surface area contributed by atoms with E-state index in [9.17, 15) is 0 Å². The van der Waals surface area contributed by atoms with Crippen molar-refractivity contribution in [1.82, 2.24) is 15.0 Å². The molecule has 2 rings (SSSR count). The second-order valence-corrected chi connectivity index (χ2v) is 5.52. The Bertz CT molecular complexity index is 558. The van der Waals surface area contributed by atoms with Gasteiger partial charge in [-0.25, -0.2) is 4.98 Å². The summed E-state index contributed by atoms with van der Waals surface area (Å²) in [6.07, 6.45) is 8.81. The molecule has 0 amide bonds. The van der Waals surface area contributed by atoms with Crippen LogP contribution in [0.3, 0.4) is 0 Å². The third-order valence-electron chi connectivity index (χ3n) is 3.69. The monoisotopic (exact) mass is 299 g/mol. The van der Waals surface area contributed by atoms with Crippen LogP contribution in [0.4, 0.5) is 11.8 Å². The summed E-state index contributed by atoms with van der Waals surface area (Å²) in [6, 6.07) is 6.06. The fourth-order valence-electron chi connectivity index (χ4n) is 2.19. The molecule has 2 heterocycles. The molecule has 0 saturated heterocycles. The predicted octanol–water partition coefficient (Wildman–Crippen LogP) is 2.79. The van der Waals surface area contributed by atoms with Crippen molar-refractivity contribution < 1.29 is 0 Å². The summed E-state index contributed by atoms with van der Waals surface area (Å²) in [5.74, 6) is 1.75. The number of unbranched alkanes of at least 4 members (excludes halogenated alkanes) is 1. The molecule has 0 spiro atoms. The maximum Gasteiger partial charge on any atom is 0.227 e. The number of hydrogen-bond donors (Lipinski definition) is 0. The Kier molecular flexibility index (Phi) is 6.13. The first-order valence-corrected chi connectivity index (χ1v) is 7.85. The maximum atomic E-state index is 4.67. The number of nitrogens with zero attached hydrogens (tertiary/aromatic N) is 5. The molecule has 2 aromatic rings. The predicted molar refractivity (Wildman–Crippen MR) is 91.4 cm³/mol. The van der Waals surface area contributed by atoms with Crippen LogP contribution >= 0.6 is 0 Å². The molecule has 0 aliphatic carbocycles. The van der Waals surface area contributed by atoms with Gasteiger partial charge in [0.2, 0.25) is 5.95 Å². The van der Waals surface area contributed by atoms with Gasteiger partial charge in [0.25, 0.3) is 0 Å². The van der Waals surface area contributed by atoms with Crippen molar-refractivity contribution in [2.24, 2.45) is 0 Å². The van der Waals surface area contributed by atoms with Gasteiger partial charge in [0.05, 0.1) is 0 Å². The van der Waals surface area contributed by atoms with Gasteiger partial charge in [0.15, 0.2) is 0 Å². The Morgan fingerprint density at radius 2 is 1.73 bits per heavy atom. The van der Waals surface area contributed by atoms with Gasteiger partial charge < -0.3 is 9.80 Å². The number of hydrogen-bond acceptors (Lipinski definition) is 5. The van der Waals surface area contributed by atoms with E-state index in [0.29, 0.717) is 0 Å². The molecule has 0 aromatic carbocycles. The molecule has 118 valence electrons. The Hall–Kier alpha value is -2.17. The van der Waals surface area contributed by atoms with Crippen molar-refractivity contribution in [3.05, 3.63) is 42.4 Å². The summed E-state index contributed by atoms with van der Waals surface area (Å²) >= 11 is 0. The molecule has 0 fully saturated rings. The molecule has 0 aliphatic heterocycles. The van der Waals surface area contributed by atoms with E-state index in [-0.39, 0.29) is 0 Å². The Morgan fingerprint density at radius 3 is 2.45 bits per heavy atom. The molecule has 0 aliphatic rings. The lowest BCUT2D eigenvalue weighted by atomic mass is 10.2. The number of aromatic nitrogens is 3. The second-order valence-electron chi connectivity index (χ2n) is 5.52. The lowest BCUT2D eigenvalue weighted by Crippen LogP contribution is -2.25. The van der Waals surface area contributed by atoms with Crippen LogP contribution in [0.5, 0.6) is 0 Å². The van der Waals surface area contributed by atoms with Crippen LogP contribution in [-0.2, 0) is 6.42 Å². The van der Waals surface area contributed by atoms with Crippen LogP contribution in [0.25, 0.3) is 0 Å². The van der Waals surface area contributed by atoms with Crippen molar-refractivity contribution in [2.75, 3.05) is 37.0 Å². The fourth-order valence-corrected chi connectivity index (χ4v) is 2.19. The zero-order valence-corrected chi connectivity index (χ0v) is 13.7. The van der Waals surface area contributed by atoms with E-state index >= 15 is 0 Å². The molecule has 0 unspecified atom stereocenters. The number of rotatable bonds is 8. The van der Waals surface area contributed by atoms with E-state index in [1.165, 1.54) is 18.4 Å². The Morgan fingerprint density at radius 1 is 0.955 bits per heavy atom. The van der Waals surface area contributed by atoms with Crippen molar-refractivity contribution in [3.8, 4) is 0 Å². The molecule has 5 nitrogen and oxygen atoms in total. The molecule has 0 bridgehead atoms. The molecule has 0 saturated carbocycles. The minimum Gasteiger partial charge on any atom is -0.360 e. The molecule has 0 radical (unpaired) electrons. The highest BCUT2D eigenvalue weighted by Gasteiger charge is 2.08. The topological polar surface area (TPSA) is 45.2 Å². The first-order valence-electron chi connectivity index (χ1n) is 7.85. The quantitative estimate of drug-likeness (QED) is 0.750. The van der Waals surface area contributed by atoms with Gasteiger partial charge in [-0.15, -0.1) is 0 Å². The number of likely N-dealkylation sites (N-methyl/N-ethyl adjacent to an activating group) is 1. The third kappa shape index (κ3) is 4.69. The third-order valence-corrected chi connectivity index (χ3v) is 3.69. The summed E-state index contributed by atoms with van der Waals surface area (Å²) in [7, 11) is 4.12. The summed E-state index contributed by atoms with van der Waals surface area (Å²) in [4.78, 5) is 17.4. The first kappa shape index (κ1) is 16.2. The Balaban J connectivity index is 1.96. The van der Waals surface area contributed by atoms with Crippen LogP contribution in [-0.4, -0.2) is 42.1 Å². The van der Waals surface area contributed by atoms with Crippen molar-refractivity contribution >= 4 is 11.8 Å². The van der Waals surface area contributed by atoms with Crippen LogP contribution in [0, 0.1) is 0 Å². The molecule has 2 aromatic heterocycles. The van der Waals surface area contributed by atoms with Crippen LogP contribution < -0.4 is 9.80 Å². The number of pyridine rings is 1. The average Bonchev–Trinajstić information content (AvgIpc) is 2.58. The van der Waals surface area contributed by atoms with Crippen LogP contribution in [0.2, 0.25) is 0 Å². The van der Waals surface area contributed by atoms with Crippen LogP contribution in [0.15, 0.2) is 36.8 Å². The van der Waals surface area contributed by atoms with Crippen molar-refractivity contribution in [2.45, 2.75) is 26.2 Å². The van der Waals surface area contributed by atoms with Gasteiger partial charge in [0.1, 0.15) is 5.82 Å². The van der Waals surface area contributed by atoms with Crippen LogP contribution in [0.1, 0.15) is 25.3 Å². The summed E-state index contributed by atoms with van der Waals surface area (Å²) < 4.78 is 0. The standard InChI is InChI=1S/C17H25N5/c1-4-5-13-21(2)16-8-12-19-17(20-16)22(3)14-9-15-6-10-18-11-7-15/h6-8,10-12H,4-5,9,13-14H2,1-3H3. The second kappa shape index (κ2) is 8.32. The van der Waals surface area contributed by atoms with Gasteiger partial charge in [-0.05, 0) is 36.6 Å². The zero-order chi connectivity index (χ0) is 15.8. The maximum absolute atomic E-state index is 4.67. The lowest BCUT2D eigenvalue weighted by molar-refractivity contribution is 0.754. The molecule has 5 heteroatoms. The van der Waals surface area contributed by atoms with Gasteiger partial charge in [-0.2, -0.15) is 4.98 Å². The average molecular weight is 299 g/mol. The molecule has 22 heavy (non-hydrogen) atoms. The molecule has 0 N–H and O–H groups in total. The largest absolute Gasteiger partial charge is 0.360 e. The fraction of sp³-hybridized carbons (Fsp3) is 0.471. The van der Waals surface area contributed by atoms with Gasteiger partial charge >= 0.3 is 0 Å². The van der Waals surface area contributed by atoms with Crippen molar-refractivity contribution in [1.29, 1.82) is 0 Å². The molecular weight excluding hydrogens is 274 g/mol.